The average Bonchev–Trinajstić information content (AvgIpc) is 3.21. The third-order valence-electron chi connectivity index (χ3n) is 4.58. The Kier molecular flexibility index (Phi) is 6.30. The van der Waals surface area contributed by atoms with Crippen LogP contribution in [0.1, 0.15) is 18.5 Å². The van der Waals surface area contributed by atoms with E-state index >= 15 is 0 Å². The minimum absolute atomic E-state index is 0.0342. The van der Waals surface area contributed by atoms with E-state index in [9.17, 15) is 9.18 Å². The molecular formula is C18H24FN5O2. The molecule has 2 aromatic rings. The van der Waals surface area contributed by atoms with Gasteiger partial charge in [0.15, 0.2) is 0 Å². The van der Waals surface area contributed by atoms with Crippen molar-refractivity contribution in [1.82, 2.24) is 24.6 Å². The first-order valence-electron chi connectivity index (χ1n) is 8.81. The largest absolute Gasteiger partial charge is 0.379 e. The van der Waals surface area contributed by atoms with Crippen LogP contribution in [0.25, 0.3) is 0 Å². The fourth-order valence-electron chi connectivity index (χ4n) is 2.96. The van der Waals surface area contributed by atoms with Crippen molar-refractivity contribution in [3.63, 3.8) is 0 Å². The zero-order chi connectivity index (χ0) is 18.4. The van der Waals surface area contributed by atoms with Crippen LogP contribution >= 0.6 is 0 Å². The van der Waals surface area contributed by atoms with E-state index in [-0.39, 0.29) is 11.7 Å². The van der Waals surface area contributed by atoms with Crippen LogP contribution in [0.5, 0.6) is 0 Å². The van der Waals surface area contributed by atoms with Gasteiger partial charge in [0.2, 0.25) is 5.91 Å². The Morgan fingerprint density at radius 2 is 2.04 bits per heavy atom. The van der Waals surface area contributed by atoms with Gasteiger partial charge in [-0.25, -0.2) is 14.1 Å². The highest BCUT2D eigenvalue weighted by Gasteiger charge is 2.23. The molecule has 0 aliphatic carbocycles. The normalized spacial score (nSPS) is 16.4. The molecule has 3 rings (SSSR count). The Morgan fingerprint density at radius 1 is 1.31 bits per heavy atom. The lowest BCUT2D eigenvalue weighted by atomic mass is 10.2. The summed E-state index contributed by atoms with van der Waals surface area (Å²) in [6.45, 7) is 6.80. The molecule has 1 unspecified atom stereocenters. The standard InChI is InChI=1S/C18H24FN5O2/c1-15(24-14-20-13-21-24)18(25)23(7-6-22-8-10-26-11-9-22)12-16-2-4-17(19)5-3-16/h2-5,13-15H,6-12H2,1H3. The van der Waals surface area contributed by atoms with Crippen LogP contribution in [0.15, 0.2) is 36.9 Å². The second-order valence-electron chi connectivity index (χ2n) is 6.39. The van der Waals surface area contributed by atoms with Gasteiger partial charge in [0.1, 0.15) is 24.5 Å². The summed E-state index contributed by atoms with van der Waals surface area (Å²) < 4.78 is 20.1. The maximum atomic E-state index is 13.2. The quantitative estimate of drug-likeness (QED) is 0.745. The number of hydrogen-bond acceptors (Lipinski definition) is 5. The minimum Gasteiger partial charge on any atom is -0.379 e. The molecule has 0 saturated carbocycles. The van der Waals surface area contributed by atoms with Gasteiger partial charge < -0.3 is 9.64 Å². The van der Waals surface area contributed by atoms with Crippen molar-refractivity contribution >= 4 is 5.91 Å². The Hall–Kier alpha value is -2.32. The number of rotatable bonds is 7. The van der Waals surface area contributed by atoms with Crippen molar-refractivity contribution in [2.75, 3.05) is 39.4 Å². The highest BCUT2D eigenvalue weighted by molar-refractivity contribution is 5.80. The molecule has 1 fully saturated rings. The number of benzene rings is 1. The first-order chi connectivity index (χ1) is 12.6. The molecule has 1 atom stereocenters. The Bertz CT molecular complexity index is 686. The van der Waals surface area contributed by atoms with Crippen LogP contribution in [0, 0.1) is 5.82 Å². The van der Waals surface area contributed by atoms with Crippen LogP contribution in [0.4, 0.5) is 4.39 Å². The topological polar surface area (TPSA) is 63.5 Å². The van der Waals surface area contributed by atoms with E-state index in [1.165, 1.54) is 18.5 Å². The summed E-state index contributed by atoms with van der Waals surface area (Å²) in [5.41, 5.74) is 0.896. The highest BCUT2D eigenvalue weighted by atomic mass is 19.1. The fraction of sp³-hybridized carbons (Fsp3) is 0.500. The number of carbonyl (C=O) groups is 1. The maximum absolute atomic E-state index is 13.2. The van der Waals surface area contributed by atoms with E-state index < -0.39 is 6.04 Å². The summed E-state index contributed by atoms with van der Waals surface area (Å²) in [5.74, 6) is -0.316. The van der Waals surface area contributed by atoms with E-state index in [4.69, 9.17) is 4.74 Å². The second-order valence-corrected chi connectivity index (χ2v) is 6.39. The number of ether oxygens (including phenoxy) is 1. The lowest BCUT2D eigenvalue weighted by molar-refractivity contribution is -0.135. The monoisotopic (exact) mass is 361 g/mol. The Labute approximate surface area is 152 Å². The van der Waals surface area contributed by atoms with Gasteiger partial charge in [-0.05, 0) is 24.6 Å². The molecule has 0 N–H and O–H groups in total. The summed E-state index contributed by atoms with van der Waals surface area (Å²) in [6.07, 6.45) is 2.96. The molecule has 8 heteroatoms. The minimum atomic E-state index is -0.442. The number of hydrogen-bond donors (Lipinski definition) is 0. The van der Waals surface area contributed by atoms with Gasteiger partial charge >= 0.3 is 0 Å². The Balaban J connectivity index is 1.69. The fourth-order valence-corrected chi connectivity index (χ4v) is 2.96. The van der Waals surface area contributed by atoms with Crippen molar-refractivity contribution < 1.29 is 13.9 Å². The summed E-state index contributed by atoms with van der Waals surface area (Å²) in [6, 6.07) is 5.82. The number of aromatic nitrogens is 3. The first kappa shape index (κ1) is 18.5. The van der Waals surface area contributed by atoms with Gasteiger partial charge in [-0.3, -0.25) is 9.69 Å². The third kappa shape index (κ3) is 4.86. The molecule has 1 amide bonds. The molecule has 140 valence electrons. The van der Waals surface area contributed by atoms with Crippen LogP contribution in [-0.4, -0.2) is 69.9 Å². The zero-order valence-electron chi connectivity index (χ0n) is 14.9. The van der Waals surface area contributed by atoms with Crippen LogP contribution in [-0.2, 0) is 16.1 Å². The molecule has 0 bridgehead atoms. The van der Waals surface area contributed by atoms with E-state index in [0.29, 0.717) is 13.1 Å². The summed E-state index contributed by atoms with van der Waals surface area (Å²) >= 11 is 0. The molecule has 1 saturated heterocycles. The third-order valence-corrected chi connectivity index (χ3v) is 4.58. The van der Waals surface area contributed by atoms with E-state index in [0.717, 1.165) is 38.4 Å². The van der Waals surface area contributed by atoms with Gasteiger partial charge in [0.25, 0.3) is 0 Å². The predicted octanol–water partition coefficient (Wildman–Crippen LogP) is 1.34. The van der Waals surface area contributed by atoms with Crippen LogP contribution in [0.3, 0.4) is 0 Å². The van der Waals surface area contributed by atoms with Crippen LogP contribution in [0.2, 0.25) is 0 Å². The Morgan fingerprint density at radius 3 is 2.69 bits per heavy atom. The van der Waals surface area contributed by atoms with Crippen molar-refractivity contribution in [3.05, 3.63) is 48.3 Å². The molecule has 26 heavy (non-hydrogen) atoms. The molecule has 1 aliphatic rings. The second kappa shape index (κ2) is 8.86. The van der Waals surface area contributed by atoms with Crippen LogP contribution < -0.4 is 0 Å². The van der Waals surface area contributed by atoms with Gasteiger partial charge in [0.05, 0.1) is 13.2 Å². The number of nitrogens with zero attached hydrogens (tertiary/aromatic N) is 5. The lowest BCUT2D eigenvalue weighted by Crippen LogP contribution is -2.44. The zero-order valence-corrected chi connectivity index (χ0v) is 14.9. The number of morpholine rings is 1. The summed E-state index contributed by atoms with van der Waals surface area (Å²) in [5, 5.41) is 4.07. The molecule has 0 radical (unpaired) electrons. The van der Waals surface area contributed by atoms with Crippen molar-refractivity contribution in [2.24, 2.45) is 0 Å². The van der Waals surface area contributed by atoms with E-state index in [1.807, 2.05) is 6.92 Å². The number of halogens is 1. The summed E-state index contributed by atoms with van der Waals surface area (Å²) in [4.78, 5) is 21.0. The molecule has 2 heterocycles. The van der Waals surface area contributed by atoms with E-state index in [1.54, 1.807) is 28.0 Å². The molecule has 1 aromatic heterocycles. The lowest BCUT2D eigenvalue weighted by Gasteiger charge is -2.31. The molecular weight excluding hydrogens is 337 g/mol. The number of carbonyl (C=O) groups excluding carboxylic acids is 1. The smallest absolute Gasteiger partial charge is 0.247 e. The SMILES string of the molecule is CC(C(=O)N(CCN1CCOCC1)Cc1ccc(F)cc1)n1cncn1. The van der Waals surface area contributed by atoms with Crippen molar-refractivity contribution in [3.8, 4) is 0 Å². The average molecular weight is 361 g/mol. The first-order valence-corrected chi connectivity index (χ1v) is 8.81. The van der Waals surface area contributed by atoms with Crippen molar-refractivity contribution in [1.29, 1.82) is 0 Å². The molecule has 1 aliphatic heterocycles. The highest BCUT2D eigenvalue weighted by Crippen LogP contribution is 2.13. The molecule has 7 nitrogen and oxygen atoms in total. The van der Waals surface area contributed by atoms with E-state index in [2.05, 4.69) is 15.0 Å². The molecule has 1 aromatic carbocycles. The predicted molar refractivity (Wildman–Crippen MR) is 93.8 cm³/mol. The van der Waals surface area contributed by atoms with Gasteiger partial charge in [-0.15, -0.1) is 0 Å². The van der Waals surface area contributed by atoms with Gasteiger partial charge in [0, 0.05) is 32.7 Å². The van der Waals surface area contributed by atoms with Gasteiger partial charge in [-0.1, -0.05) is 12.1 Å². The number of amides is 1. The molecule has 0 spiro atoms. The van der Waals surface area contributed by atoms with Gasteiger partial charge in [-0.2, -0.15) is 5.10 Å². The van der Waals surface area contributed by atoms with Crippen molar-refractivity contribution in [2.45, 2.75) is 19.5 Å². The summed E-state index contributed by atoms with van der Waals surface area (Å²) in [7, 11) is 0. The maximum Gasteiger partial charge on any atom is 0.247 e.